The number of aromatic nitrogens is 4. The second-order valence-electron chi connectivity index (χ2n) is 16.0. The maximum atomic E-state index is 13.9. The number of thiazole rings is 4. The number of nitrogen functional groups attached to an aromatic ring is 2. The smallest absolute Gasteiger partial charge is 0.488 e. The van der Waals surface area contributed by atoms with Crippen molar-refractivity contribution < 1.29 is 37.9 Å². The van der Waals surface area contributed by atoms with Gasteiger partial charge in [-0.2, -0.15) is 4.98 Å². The number of rotatable bonds is 7. The zero-order chi connectivity index (χ0) is 58.9. The molecule has 6 aromatic carbocycles. The van der Waals surface area contributed by atoms with E-state index in [2.05, 4.69) is 123 Å². The van der Waals surface area contributed by atoms with Crippen molar-refractivity contribution in [3.05, 3.63) is 168 Å². The summed E-state index contributed by atoms with van der Waals surface area (Å²) in [4.78, 5) is 39.9. The summed E-state index contributed by atoms with van der Waals surface area (Å²) in [6, 6.07) is 33.5. The number of carbonyl (C=O) groups excluding carboxylic acids is 2. The molecular weight excluding hydrogens is 1400 g/mol. The molecule has 28 heteroatoms. The number of hydrogen-bond donors (Lipinski definition) is 8. The summed E-state index contributed by atoms with van der Waals surface area (Å²) in [5, 5.41) is 28.2. The van der Waals surface area contributed by atoms with Crippen molar-refractivity contribution in [2.75, 3.05) is 41.6 Å². The lowest BCUT2D eigenvalue weighted by molar-refractivity contribution is -0.115. The highest BCUT2D eigenvalue weighted by atomic mass is 79.9. The average Bonchev–Trinajstić information content (AvgIpc) is 4.21. The summed E-state index contributed by atoms with van der Waals surface area (Å²) in [6.07, 6.45) is 6.86. The molecule has 416 valence electrons. The fourth-order valence-corrected chi connectivity index (χ4v) is 12.1. The Morgan fingerprint density at radius 2 is 1.19 bits per heavy atom. The van der Waals surface area contributed by atoms with E-state index < -0.39 is 18.8 Å². The maximum Gasteiger partial charge on any atom is 0.488 e. The molecule has 4 heterocycles. The van der Waals surface area contributed by atoms with Gasteiger partial charge in [-0.05, 0) is 128 Å². The van der Waals surface area contributed by atoms with Crippen LogP contribution in [0.2, 0.25) is 0 Å². The van der Waals surface area contributed by atoms with Crippen molar-refractivity contribution >= 4 is 214 Å². The molecule has 0 saturated heterocycles. The van der Waals surface area contributed by atoms with E-state index in [0.717, 1.165) is 82.0 Å². The third-order valence-corrected chi connectivity index (χ3v) is 16.8. The summed E-state index contributed by atoms with van der Waals surface area (Å²) in [5.41, 5.74) is 22.5. The zero-order valence-electron chi connectivity index (χ0n) is 42.6. The van der Waals surface area contributed by atoms with E-state index in [1.807, 2.05) is 91.0 Å². The first-order valence-electron chi connectivity index (χ1n) is 23.0. The van der Waals surface area contributed by atoms with Gasteiger partial charge in [0.1, 0.15) is 10.6 Å². The molecule has 0 unspecified atom stereocenters. The van der Waals surface area contributed by atoms with Gasteiger partial charge in [0.15, 0.2) is 54.5 Å². The van der Waals surface area contributed by atoms with Crippen molar-refractivity contribution in [2.24, 2.45) is 5.73 Å². The number of nitrogens with two attached hydrogens (primary N) is 3. The Morgan fingerprint density at radius 1 is 0.654 bits per heavy atom. The van der Waals surface area contributed by atoms with Crippen molar-refractivity contribution in [1.82, 2.24) is 19.9 Å². The van der Waals surface area contributed by atoms with Gasteiger partial charge in [-0.1, -0.05) is 104 Å². The number of nitrogens with zero attached hydrogens (tertiary/aromatic N) is 4. The number of carbonyl (C=O) groups is 2. The lowest BCUT2D eigenvalue weighted by atomic mass is 9.80. The highest BCUT2D eigenvalue weighted by molar-refractivity contribution is 9.12. The number of thiocarbonyl (C=S) groups is 1. The van der Waals surface area contributed by atoms with Crippen LogP contribution in [-0.4, -0.2) is 68.2 Å². The molecule has 0 saturated carbocycles. The van der Waals surface area contributed by atoms with E-state index in [-0.39, 0.29) is 33.9 Å². The van der Waals surface area contributed by atoms with E-state index in [9.17, 15) is 18.4 Å². The number of allylic oxidation sites excluding steroid dienone is 2. The van der Waals surface area contributed by atoms with Gasteiger partial charge in [0.05, 0.1) is 57.0 Å². The number of hydrogen-bond acceptors (Lipinski definition) is 17. The molecule has 4 aromatic heterocycles. The zero-order valence-corrected chi connectivity index (χ0v) is 53.0. The van der Waals surface area contributed by atoms with Gasteiger partial charge in [-0.3, -0.25) is 9.59 Å². The van der Waals surface area contributed by atoms with Crippen LogP contribution in [0.5, 0.6) is 11.5 Å². The number of benzene rings is 6. The largest absolute Gasteiger partial charge is 0.494 e. The Balaban J connectivity index is 0.000000160. The molecule has 0 radical (unpaired) electrons. The second kappa shape index (κ2) is 30.6. The molecule has 2 amide bonds. The molecule has 0 atom stereocenters. The fourth-order valence-electron chi connectivity index (χ4n) is 6.68. The van der Waals surface area contributed by atoms with Crippen LogP contribution in [0.1, 0.15) is 24.4 Å². The van der Waals surface area contributed by atoms with Crippen molar-refractivity contribution in [3.8, 4) is 22.6 Å². The standard InChI is InChI=1S/C16H13FN2O2S.C9H7BrN2OS.C7H8BFO3.C7H4BrN2S.C7H5BrN2S.C7H7BrN2S/c1-9(20)18-16-19-13-5-3-4-11(15(13)22-16)10-6-7-14(21-2)12(17)8-10;1-5(13)11-9-12-7-4-2-3-6(10)8(7)14-9;1-12-7-3-2-5(8(10)11)4-6(7)9;8-4-1-2-6-5(3-4)10-7(9)11-6;8-4-2-1-3-5-6(4)11-7(9)10-5;8-5-2-1-3-6(4-5)10-7(9)11/h3-8H,1-2H3,(H,18,19,20);2-4H,1H3,(H,11,12,13);2-4,10-11H,1H3;1,3H,(H2,9,10);1-3H,(H2,9,10);1-4H,(H3,9,10,11)/q;;;+1;;. The molecule has 16 nitrogen and oxygen atoms in total. The van der Waals surface area contributed by atoms with Crippen LogP contribution in [0, 0.1) is 17.7 Å². The van der Waals surface area contributed by atoms with E-state index >= 15 is 0 Å². The minimum atomic E-state index is -1.65. The predicted molar refractivity (Wildman–Crippen MR) is 347 cm³/mol. The average molecular weight is 1450 g/mol. The second-order valence-corrected chi connectivity index (χ2v) is 24.0. The number of anilines is 5. The number of nitrogens with one attached hydrogen (secondary N) is 3. The summed E-state index contributed by atoms with van der Waals surface area (Å²) in [5.74, 6) is -0.999. The Hall–Kier alpha value is -6.40. The third-order valence-electron chi connectivity index (χ3n) is 10.0. The summed E-state index contributed by atoms with van der Waals surface area (Å²) >= 11 is 24.0. The monoisotopic (exact) mass is 1440 g/mol. The van der Waals surface area contributed by atoms with Gasteiger partial charge in [-0.15, -0.1) is 0 Å². The normalized spacial score (nSPS) is 10.7. The number of methoxy groups -OCH3 is 2. The fraction of sp³-hybridized carbons (Fsp3) is 0.0755. The summed E-state index contributed by atoms with van der Waals surface area (Å²) < 4.78 is 43.5. The molecule has 11 N–H and O–H groups in total. The first kappa shape index (κ1) is 63.8. The molecule has 0 spiro atoms. The molecule has 0 bridgehead atoms. The molecule has 1 aliphatic rings. The highest BCUT2D eigenvalue weighted by Crippen LogP contribution is 2.37. The maximum absolute atomic E-state index is 13.9. The number of halogens is 6. The van der Waals surface area contributed by atoms with Crippen molar-refractivity contribution in [3.63, 3.8) is 0 Å². The van der Waals surface area contributed by atoms with Gasteiger partial charge >= 0.3 is 7.12 Å². The van der Waals surface area contributed by atoms with E-state index in [0.29, 0.717) is 20.5 Å². The van der Waals surface area contributed by atoms with Crippen LogP contribution >= 0.6 is 121 Å². The van der Waals surface area contributed by atoms with Crippen LogP contribution in [0.15, 0.2) is 139 Å². The van der Waals surface area contributed by atoms with Gasteiger partial charge in [0.2, 0.25) is 16.7 Å². The Kier molecular flexibility index (Phi) is 24.1. The van der Waals surface area contributed by atoms with Crippen LogP contribution in [-0.2, 0) is 9.59 Å². The van der Waals surface area contributed by atoms with E-state index in [4.69, 9.17) is 32.0 Å². The number of fused-ring (bicyclic) bond motifs is 4. The topological polar surface area (TPSA) is 259 Å². The van der Waals surface area contributed by atoms with Crippen LogP contribution < -0.4 is 48.1 Å². The Labute approximate surface area is 518 Å². The van der Waals surface area contributed by atoms with Crippen molar-refractivity contribution in [2.45, 2.75) is 13.8 Å². The molecule has 1 aliphatic carbocycles. The van der Waals surface area contributed by atoms with Gasteiger partial charge in [0.25, 0.3) is 0 Å². The van der Waals surface area contributed by atoms with Gasteiger partial charge in [0, 0.05) is 54.4 Å². The number of ether oxygens (including phenoxy) is 2. The lowest BCUT2D eigenvalue weighted by Crippen LogP contribution is -2.29. The van der Waals surface area contributed by atoms with Crippen LogP contribution in [0.3, 0.4) is 0 Å². The Morgan fingerprint density at radius 3 is 1.72 bits per heavy atom. The van der Waals surface area contributed by atoms with Crippen LogP contribution in [0.4, 0.5) is 35.0 Å². The minimum absolute atomic E-state index is 0.0828. The quantitative estimate of drug-likeness (QED) is 0.0419. The van der Waals surface area contributed by atoms with Gasteiger partial charge in [-0.25, -0.2) is 23.7 Å². The molecule has 0 fully saturated rings. The minimum Gasteiger partial charge on any atom is -0.494 e. The molecule has 81 heavy (non-hydrogen) atoms. The predicted octanol–water partition coefficient (Wildman–Crippen LogP) is 13.5. The third kappa shape index (κ3) is 19.1. The summed E-state index contributed by atoms with van der Waals surface area (Å²) in [7, 11) is 1.13. The first-order valence-corrected chi connectivity index (χ1v) is 29.8. The van der Waals surface area contributed by atoms with E-state index in [1.165, 1.54) is 91.6 Å². The molecular formula is C53H44BBr4F2N10O6S5+. The molecule has 0 aliphatic heterocycles. The molecule has 11 rings (SSSR count). The SMILES string of the molecule is CC(=O)Nc1nc2cccc(Br)c2s1.COc1ccc(-c2cccc3nc(NC(C)=O)sc23)cc1F.COc1ccc(B(O)O)cc1F.NC(=S)Nc1cccc(Br)c1.Nc1nc2c(s1)[C+]=CC(Br)=C2.Nc1nc2cccc(Br)c2s1. The summed E-state index contributed by atoms with van der Waals surface area (Å²) in [6.45, 7) is 2.91. The molecule has 10 aromatic rings. The highest BCUT2D eigenvalue weighted by Gasteiger charge is 2.19. The van der Waals surface area contributed by atoms with Crippen molar-refractivity contribution in [1.29, 1.82) is 0 Å². The first-order chi connectivity index (χ1) is 38.6. The Bertz CT molecular complexity index is 3920. The van der Waals surface area contributed by atoms with Gasteiger partial charge < -0.3 is 52.7 Å². The van der Waals surface area contributed by atoms with E-state index in [1.54, 1.807) is 12.1 Å². The van der Waals surface area contributed by atoms with Crippen LogP contribution in [0.25, 0.3) is 47.9 Å². The lowest BCUT2D eigenvalue weighted by Gasteiger charge is -2.06. The number of amides is 2.